The average molecular weight is 531 g/mol. The fraction of sp³-hybridized carbons (Fsp3) is 0.222. The van der Waals surface area contributed by atoms with Gasteiger partial charge < -0.3 is 20.6 Å². The first-order valence-corrected chi connectivity index (χ1v) is 12.4. The molecule has 5 rings (SSSR count). The molecule has 12 heteroatoms. The number of fused-ring (bicyclic) bond motifs is 1. The summed E-state index contributed by atoms with van der Waals surface area (Å²) in [7, 11) is 0. The minimum Gasteiger partial charge on any atom is -0.395 e. The van der Waals surface area contributed by atoms with E-state index < -0.39 is 11.7 Å². The number of amides is 1. The lowest BCUT2D eigenvalue weighted by molar-refractivity contribution is -0.111. The Morgan fingerprint density at radius 2 is 1.95 bits per heavy atom. The third-order valence-corrected chi connectivity index (χ3v) is 6.41. The van der Waals surface area contributed by atoms with Crippen molar-refractivity contribution in [1.82, 2.24) is 24.4 Å². The highest BCUT2D eigenvalue weighted by molar-refractivity contribution is 5.98. The van der Waals surface area contributed by atoms with Gasteiger partial charge in [-0.25, -0.2) is 14.4 Å². The van der Waals surface area contributed by atoms with Crippen LogP contribution < -0.4 is 21.0 Å². The molecule has 200 valence electrons. The maximum absolute atomic E-state index is 15.1. The van der Waals surface area contributed by atoms with Gasteiger partial charge in [-0.2, -0.15) is 4.98 Å². The number of benzene rings is 1. The van der Waals surface area contributed by atoms with E-state index in [-0.39, 0.29) is 34.7 Å². The van der Waals surface area contributed by atoms with Gasteiger partial charge in [-0.3, -0.25) is 19.1 Å². The topological polar surface area (TPSA) is 129 Å². The van der Waals surface area contributed by atoms with Crippen LogP contribution in [-0.4, -0.2) is 74.8 Å². The highest BCUT2D eigenvalue weighted by Crippen LogP contribution is 2.25. The molecule has 3 aromatic heterocycles. The number of aliphatic hydroxyl groups is 1. The van der Waals surface area contributed by atoms with Crippen LogP contribution in [0.15, 0.2) is 72.3 Å². The molecule has 0 bridgehead atoms. The number of piperazine rings is 1. The second-order valence-corrected chi connectivity index (χ2v) is 8.90. The normalized spacial score (nSPS) is 13.8. The molecule has 39 heavy (non-hydrogen) atoms. The first-order valence-electron chi connectivity index (χ1n) is 12.4. The van der Waals surface area contributed by atoms with E-state index in [0.717, 1.165) is 37.9 Å². The number of β-amino-alcohol motifs (C(OH)–C–C–N with tert-alkyl or cyclic N) is 1. The minimum atomic E-state index is -0.466. The number of hydrogen-bond donors (Lipinski definition) is 3. The summed E-state index contributed by atoms with van der Waals surface area (Å²) in [5, 5.41) is 14.9. The van der Waals surface area contributed by atoms with Crippen molar-refractivity contribution in [1.29, 1.82) is 0 Å². The van der Waals surface area contributed by atoms with E-state index in [1.807, 2.05) is 6.07 Å². The van der Waals surface area contributed by atoms with Gasteiger partial charge in [-0.15, -0.1) is 0 Å². The lowest BCUT2D eigenvalue weighted by Crippen LogP contribution is -2.47. The third kappa shape index (κ3) is 5.76. The van der Waals surface area contributed by atoms with Gasteiger partial charge in [0, 0.05) is 56.9 Å². The predicted molar refractivity (Wildman–Crippen MR) is 147 cm³/mol. The summed E-state index contributed by atoms with van der Waals surface area (Å²) in [6.45, 7) is 7.27. The summed E-state index contributed by atoms with van der Waals surface area (Å²) in [5.41, 5.74) is 0.939. The van der Waals surface area contributed by atoms with Crippen molar-refractivity contribution in [2.24, 2.45) is 0 Å². The average Bonchev–Trinajstić information content (AvgIpc) is 2.95. The van der Waals surface area contributed by atoms with Crippen LogP contribution in [0.25, 0.3) is 16.9 Å². The smallest absolute Gasteiger partial charge is 0.248 e. The van der Waals surface area contributed by atoms with Crippen LogP contribution in [0.4, 0.5) is 27.5 Å². The second-order valence-electron chi connectivity index (χ2n) is 8.90. The molecule has 1 aliphatic heterocycles. The number of rotatable bonds is 8. The molecule has 0 aliphatic carbocycles. The number of nitrogens with zero attached hydrogens (tertiary/aromatic N) is 6. The largest absolute Gasteiger partial charge is 0.395 e. The summed E-state index contributed by atoms with van der Waals surface area (Å²) in [6.07, 6.45) is 4.04. The van der Waals surface area contributed by atoms with Crippen molar-refractivity contribution in [2.75, 3.05) is 54.9 Å². The SMILES string of the molecule is C=CC(=O)Nc1cccc(-n2ccc(=O)c3cnc(Nc4ccc(N5CCN(CCO)CC5)cc4F)nc32)n1. The van der Waals surface area contributed by atoms with Crippen LogP contribution in [0.5, 0.6) is 0 Å². The first-order chi connectivity index (χ1) is 18.9. The van der Waals surface area contributed by atoms with Crippen LogP contribution in [-0.2, 0) is 4.79 Å². The van der Waals surface area contributed by atoms with E-state index in [0.29, 0.717) is 18.2 Å². The Hall–Kier alpha value is -4.68. The molecule has 11 nitrogen and oxygen atoms in total. The number of carbonyl (C=O) groups is 1. The number of pyridine rings is 2. The molecule has 1 amide bonds. The van der Waals surface area contributed by atoms with Crippen molar-refractivity contribution in [3.63, 3.8) is 0 Å². The maximum Gasteiger partial charge on any atom is 0.248 e. The van der Waals surface area contributed by atoms with Gasteiger partial charge in [0.1, 0.15) is 17.5 Å². The monoisotopic (exact) mass is 530 g/mol. The van der Waals surface area contributed by atoms with Gasteiger partial charge in [-0.1, -0.05) is 12.6 Å². The molecule has 0 saturated carbocycles. The molecule has 1 aliphatic rings. The Labute approximate surface area is 223 Å². The molecule has 4 heterocycles. The number of nitrogens with one attached hydrogen (secondary N) is 2. The van der Waals surface area contributed by atoms with E-state index in [4.69, 9.17) is 5.11 Å². The fourth-order valence-electron chi connectivity index (χ4n) is 4.38. The maximum atomic E-state index is 15.1. The van der Waals surface area contributed by atoms with Gasteiger partial charge in [0.15, 0.2) is 11.1 Å². The predicted octanol–water partition coefficient (Wildman–Crippen LogP) is 2.30. The van der Waals surface area contributed by atoms with Crippen LogP contribution in [0, 0.1) is 5.82 Å². The number of hydrogen-bond acceptors (Lipinski definition) is 9. The molecule has 1 saturated heterocycles. The van der Waals surface area contributed by atoms with E-state index >= 15 is 4.39 Å². The van der Waals surface area contributed by atoms with E-state index in [2.05, 4.69) is 42.0 Å². The standard InChI is InChI=1S/C27H27FN8O3/c1-2-25(39)32-23-4-3-5-24(31-23)36-9-8-22(38)19-17-29-27(33-26(19)36)30-21-7-6-18(16-20(21)28)35-12-10-34(11-13-35)14-15-37/h2-9,16-17,37H,1,10-15H2,(H,29,30,33)(H,31,32,39). The molecular formula is C27H27FN8O3. The van der Waals surface area contributed by atoms with Crippen molar-refractivity contribution < 1.29 is 14.3 Å². The van der Waals surface area contributed by atoms with Gasteiger partial charge in [0.2, 0.25) is 11.9 Å². The summed E-state index contributed by atoms with van der Waals surface area (Å²) in [6, 6.07) is 11.3. The molecule has 0 radical (unpaired) electrons. The molecule has 0 spiro atoms. The zero-order valence-corrected chi connectivity index (χ0v) is 21.0. The number of aliphatic hydroxyl groups excluding tert-OH is 1. The van der Waals surface area contributed by atoms with Crippen molar-refractivity contribution in [3.8, 4) is 5.82 Å². The highest BCUT2D eigenvalue weighted by Gasteiger charge is 2.18. The zero-order valence-electron chi connectivity index (χ0n) is 21.0. The van der Waals surface area contributed by atoms with Crippen LogP contribution in [0.1, 0.15) is 0 Å². The Bertz CT molecular complexity index is 1580. The molecule has 4 aromatic rings. The number of carbonyl (C=O) groups excluding carboxylic acids is 1. The number of halogens is 1. The lowest BCUT2D eigenvalue weighted by Gasteiger charge is -2.35. The van der Waals surface area contributed by atoms with Gasteiger partial charge in [0.05, 0.1) is 17.7 Å². The quantitative estimate of drug-likeness (QED) is 0.294. The minimum absolute atomic E-state index is 0.0993. The summed E-state index contributed by atoms with van der Waals surface area (Å²) < 4.78 is 16.7. The van der Waals surface area contributed by atoms with Gasteiger partial charge in [0.25, 0.3) is 0 Å². The summed E-state index contributed by atoms with van der Waals surface area (Å²) >= 11 is 0. The van der Waals surface area contributed by atoms with E-state index in [1.54, 1.807) is 28.8 Å². The molecule has 3 N–H and O–H groups in total. The molecule has 0 unspecified atom stereocenters. The first kappa shape index (κ1) is 25.9. The van der Waals surface area contributed by atoms with Crippen LogP contribution in [0.2, 0.25) is 0 Å². The van der Waals surface area contributed by atoms with Crippen molar-refractivity contribution >= 4 is 40.1 Å². The fourth-order valence-corrected chi connectivity index (χ4v) is 4.38. The number of aromatic nitrogens is 4. The van der Waals surface area contributed by atoms with Crippen molar-refractivity contribution in [3.05, 3.63) is 83.6 Å². The van der Waals surface area contributed by atoms with Gasteiger partial charge in [-0.05, 0) is 36.4 Å². The van der Waals surface area contributed by atoms with Crippen LogP contribution in [0.3, 0.4) is 0 Å². The molecule has 1 aromatic carbocycles. The van der Waals surface area contributed by atoms with Crippen molar-refractivity contribution in [2.45, 2.75) is 0 Å². The highest BCUT2D eigenvalue weighted by atomic mass is 19.1. The molecule has 1 fully saturated rings. The zero-order chi connectivity index (χ0) is 27.4. The lowest BCUT2D eigenvalue weighted by atomic mass is 10.2. The Morgan fingerprint density at radius 3 is 2.69 bits per heavy atom. The van der Waals surface area contributed by atoms with E-state index in [1.165, 1.54) is 24.5 Å². The summed E-state index contributed by atoms with van der Waals surface area (Å²) in [4.78, 5) is 41.6. The Balaban J connectivity index is 1.41. The summed E-state index contributed by atoms with van der Waals surface area (Å²) in [5.74, 6) is -0.0704. The Kier molecular flexibility index (Phi) is 7.57. The Morgan fingerprint density at radius 1 is 1.13 bits per heavy atom. The van der Waals surface area contributed by atoms with Crippen LogP contribution >= 0.6 is 0 Å². The number of anilines is 4. The second kappa shape index (κ2) is 11.4. The molecule has 0 atom stereocenters. The third-order valence-electron chi connectivity index (χ3n) is 6.41. The van der Waals surface area contributed by atoms with E-state index in [9.17, 15) is 9.59 Å². The molecular weight excluding hydrogens is 503 g/mol. The van der Waals surface area contributed by atoms with Gasteiger partial charge >= 0.3 is 0 Å².